The molecule has 4 nitrogen and oxygen atoms in total. The van der Waals surface area contributed by atoms with Gasteiger partial charge in [-0.05, 0) is 29.2 Å². The fourth-order valence-electron chi connectivity index (χ4n) is 3.16. The van der Waals surface area contributed by atoms with E-state index in [-0.39, 0.29) is 0 Å². The van der Waals surface area contributed by atoms with Crippen molar-refractivity contribution in [2.45, 2.75) is 32.7 Å². The zero-order valence-corrected chi connectivity index (χ0v) is 16.3. The van der Waals surface area contributed by atoms with Crippen LogP contribution in [0.1, 0.15) is 36.7 Å². The molecule has 0 atom stereocenters. The number of nitriles is 1. The Bertz CT molecular complexity index is 967. The summed E-state index contributed by atoms with van der Waals surface area (Å²) in [5.41, 5.74) is 3.76. The third-order valence-electron chi connectivity index (χ3n) is 4.58. The maximum Gasteiger partial charge on any atom is 0.232 e. The van der Waals surface area contributed by atoms with Gasteiger partial charge in [0.1, 0.15) is 12.4 Å². The van der Waals surface area contributed by atoms with Gasteiger partial charge in [-0.15, -0.1) is 0 Å². The van der Waals surface area contributed by atoms with Crippen molar-refractivity contribution in [2.24, 2.45) is 0 Å². The van der Waals surface area contributed by atoms with Crippen LogP contribution in [0.2, 0.25) is 0 Å². The van der Waals surface area contributed by atoms with E-state index in [0.717, 1.165) is 41.8 Å². The number of aromatic nitrogens is 2. The van der Waals surface area contributed by atoms with E-state index in [4.69, 9.17) is 4.74 Å². The lowest BCUT2D eigenvalue weighted by molar-refractivity contribution is 0.349. The predicted molar refractivity (Wildman–Crippen MR) is 112 cm³/mol. The van der Waals surface area contributed by atoms with Crippen LogP contribution in [-0.2, 0) is 13.0 Å². The van der Waals surface area contributed by atoms with Crippen molar-refractivity contribution in [3.05, 3.63) is 84.3 Å². The van der Waals surface area contributed by atoms with Crippen LogP contribution in [0.15, 0.2) is 67.4 Å². The summed E-state index contributed by atoms with van der Waals surface area (Å²) in [5.74, 6) is 1.62. The molecular formula is C24H25N3O. The van der Waals surface area contributed by atoms with E-state index in [1.165, 1.54) is 0 Å². The number of hydrogen-bond donors (Lipinski definition) is 0. The molecule has 0 aliphatic heterocycles. The summed E-state index contributed by atoms with van der Waals surface area (Å²) in [6.07, 6.45) is 6.74. The summed E-state index contributed by atoms with van der Waals surface area (Å²) in [4.78, 5) is 4.62. The van der Waals surface area contributed by atoms with Crippen molar-refractivity contribution < 1.29 is 4.74 Å². The van der Waals surface area contributed by atoms with Gasteiger partial charge in [-0.2, -0.15) is 10.2 Å². The number of rotatable bonds is 9. The van der Waals surface area contributed by atoms with E-state index in [9.17, 15) is 5.26 Å². The first kappa shape index (κ1) is 19.4. The molecule has 0 spiro atoms. The molecule has 3 aromatic rings. The van der Waals surface area contributed by atoms with Crippen LogP contribution < -0.4 is 4.74 Å². The van der Waals surface area contributed by atoms with Crippen LogP contribution in [-0.4, -0.2) is 16.2 Å². The lowest BCUT2D eigenvalue weighted by Crippen LogP contribution is -2.05. The van der Waals surface area contributed by atoms with Crippen molar-refractivity contribution in [1.82, 2.24) is 9.55 Å². The Morgan fingerprint density at radius 3 is 2.75 bits per heavy atom. The Morgan fingerprint density at radius 1 is 1.21 bits per heavy atom. The van der Waals surface area contributed by atoms with E-state index in [2.05, 4.69) is 35.2 Å². The topological polar surface area (TPSA) is 50.8 Å². The lowest BCUT2D eigenvalue weighted by Gasteiger charge is -2.10. The summed E-state index contributed by atoms with van der Waals surface area (Å²) in [7, 11) is 0. The summed E-state index contributed by atoms with van der Waals surface area (Å²) in [5, 5.41) is 9.64. The van der Waals surface area contributed by atoms with Crippen molar-refractivity contribution in [3.63, 3.8) is 0 Å². The van der Waals surface area contributed by atoms with Gasteiger partial charge < -0.3 is 9.30 Å². The van der Waals surface area contributed by atoms with Gasteiger partial charge >= 0.3 is 0 Å². The second kappa shape index (κ2) is 9.57. The van der Waals surface area contributed by atoms with Gasteiger partial charge in [0.2, 0.25) is 5.88 Å². The Labute approximate surface area is 166 Å². The maximum atomic E-state index is 9.64. The van der Waals surface area contributed by atoms with E-state index in [1.807, 2.05) is 48.7 Å². The number of aryl methyl sites for hydroxylation is 1. The lowest BCUT2D eigenvalue weighted by atomic mass is 9.98. The van der Waals surface area contributed by atoms with Gasteiger partial charge in [0.25, 0.3) is 0 Å². The minimum atomic E-state index is 0.439. The first-order chi connectivity index (χ1) is 13.7. The van der Waals surface area contributed by atoms with Gasteiger partial charge in [0.15, 0.2) is 0 Å². The van der Waals surface area contributed by atoms with Gasteiger partial charge in [-0.25, -0.2) is 0 Å². The normalized spacial score (nSPS) is 10.4. The summed E-state index contributed by atoms with van der Waals surface area (Å²) in [6, 6.07) is 18.4. The molecule has 3 rings (SSSR count). The SMILES string of the molecule is C=CCOc1cn(Cc2ccc(-c3ccccc3)c(C#N)c2)c(CCCC)n1. The molecule has 28 heavy (non-hydrogen) atoms. The summed E-state index contributed by atoms with van der Waals surface area (Å²) in [6.45, 7) is 6.95. The number of imidazole rings is 1. The van der Waals surface area contributed by atoms with E-state index < -0.39 is 0 Å². The number of hydrogen-bond acceptors (Lipinski definition) is 3. The molecule has 0 bridgehead atoms. The maximum absolute atomic E-state index is 9.64. The monoisotopic (exact) mass is 371 g/mol. The van der Waals surface area contributed by atoms with Crippen LogP contribution in [0, 0.1) is 11.3 Å². The second-order valence-electron chi connectivity index (χ2n) is 6.68. The quantitative estimate of drug-likeness (QED) is 0.475. The van der Waals surface area contributed by atoms with Crippen LogP contribution >= 0.6 is 0 Å². The molecule has 0 saturated heterocycles. The van der Waals surface area contributed by atoms with Gasteiger partial charge in [-0.1, -0.05) is 68.5 Å². The molecule has 0 unspecified atom stereocenters. The molecule has 0 aliphatic carbocycles. The van der Waals surface area contributed by atoms with Crippen molar-refractivity contribution in [3.8, 4) is 23.1 Å². The number of ether oxygens (including phenoxy) is 1. The number of benzene rings is 2. The van der Waals surface area contributed by atoms with Crippen LogP contribution in [0.4, 0.5) is 0 Å². The molecule has 2 aromatic carbocycles. The van der Waals surface area contributed by atoms with Crippen LogP contribution in [0.5, 0.6) is 5.88 Å². The third-order valence-corrected chi connectivity index (χ3v) is 4.58. The zero-order valence-electron chi connectivity index (χ0n) is 16.3. The van der Waals surface area contributed by atoms with E-state index >= 15 is 0 Å². The molecule has 0 fully saturated rings. The Morgan fingerprint density at radius 2 is 2.04 bits per heavy atom. The van der Waals surface area contributed by atoms with Crippen LogP contribution in [0.25, 0.3) is 11.1 Å². The van der Waals surface area contributed by atoms with Gasteiger partial charge in [-0.3, -0.25) is 0 Å². The second-order valence-corrected chi connectivity index (χ2v) is 6.68. The molecule has 1 aromatic heterocycles. The highest BCUT2D eigenvalue weighted by atomic mass is 16.5. The molecule has 0 radical (unpaired) electrons. The average Bonchev–Trinajstić information content (AvgIpc) is 3.12. The highest BCUT2D eigenvalue weighted by Crippen LogP contribution is 2.25. The fourth-order valence-corrected chi connectivity index (χ4v) is 3.16. The fraction of sp³-hybridized carbons (Fsp3) is 0.250. The molecule has 4 heteroatoms. The van der Waals surface area contributed by atoms with Crippen molar-refractivity contribution in [1.29, 1.82) is 5.26 Å². The Hall–Kier alpha value is -3.32. The highest BCUT2D eigenvalue weighted by molar-refractivity contribution is 5.70. The first-order valence-electron chi connectivity index (χ1n) is 9.63. The average molecular weight is 371 g/mol. The molecule has 142 valence electrons. The third kappa shape index (κ3) is 4.69. The number of nitrogens with zero attached hydrogens (tertiary/aromatic N) is 3. The predicted octanol–water partition coefficient (Wildman–Crippen LogP) is 5.38. The van der Waals surface area contributed by atoms with Gasteiger partial charge in [0.05, 0.1) is 17.8 Å². The molecule has 1 heterocycles. The minimum absolute atomic E-state index is 0.439. The number of unbranched alkanes of at least 4 members (excludes halogenated alkanes) is 1. The summed E-state index contributed by atoms with van der Waals surface area (Å²) < 4.78 is 7.73. The Balaban J connectivity index is 1.87. The van der Waals surface area contributed by atoms with Crippen molar-refractivity contribution >= 4 is 0 Å². The first-order valence-corrected chi connectivity index (χ1v) is 9.63. The van der Waals surface area contributed by atoms with Crippen molar-refractivity contribution in [2.75, 3.05) is 6.61 Å². The minimum Gasteiger partial charge on any atom is -0.472 e. The zero-order chi connectivity index (χ0) is 19.8. The van der Waals surface area contributed by atoms with E-state index in [1.54, 1.807) is 6.08 Å². The molecule has 0 saturated carbocycles. The van der Waals surface area contributed by atoms with Crippen LogP contribution in [0.3, 0.4) is 0 Å². The standard InChI is InChI=1S/C24H25N3O/c1-3-5-11-23-26-24(28-14-4-2)18-27(23)17-19-12-13-22(21(15-19)16-25)20-9-7-6-8-10-20/h4,6-10,12-13,15,18H,2-3,5,11,14,17H2,1H3. The van der Waals surface area contributed by atoms with Gasteiger partial charge in [0, 0.05) is 13.0 Å². The largest absolute Gasteiger partial charge is 0.472 e. The van der Waals surface area contributed by atoms with E-state index in [0.29, 0.717) is 24.6 Å². The summed E-state index contributed by atoms with van der Waals surface area (Å²) >= 11 is 0. The smallest absolute Gasteiger partial charge is 0.232 e. The molecule has 0 aliphatic rings. The Kier molecular flexibility index (Phi) is 6.64. The molecule has 0 N–H and O–H groups in total. The molecule has 0 amide bonds. The highest BCUT2D eigenvalue weighted by Gasteiger charge is 2.11. The molecular weight excluding hydrogens is 346 g/mol.